The van der Waals surface area contributed by atoms with Gasteiger partial charge in [-0.15, -0.1) is 0 Å². The molecule has 15 heavy (non-hydrogen) atoms. The summed E-state index contributed by atoms with van der Waals surface area (Å²) >= 11 is 0. The highest BCUT2D eigenvalue weighted by Gasteiger charge is 2.40. The first kappa shape index (κ1) is 11.6. The minimum absolute atomic E-state index is 0.162. The van der Waals surface area contributed by atoms with Gasteiger partial charge in [-0.05, 0) is 32.1 Å². The first-order chi connectivity index (χ1) is 7.11. The molecule has 2 fully saturated rings. The quantitative estimate of drug-likeness (QED) is 0.772. The topological polar surface area (TPSA) is 52.3 Å². The average molecular weight is 231 g/mol. The number of hydrogen-bond donors (Lipinski definition) is 1. The van der Waals surface area contributed by atoms with Gasteiger partial charge in [-0.25, -0.2) is 0 Å². The second-order valence-corrected chi connectivity index (χ2v) is 6.74. The predicted octanol–water partition coefficient (Wildman–Crippen LogP) is 1.04. The van der Waals surface area contributed by atoms with Crippen LogP contribution in [0.25, 0.3) is 0 Å². The summed E-state index contributed by atoms with van der Waals surface area (Å²) in [6.45, 7) is 4.94. The van der Waals surface area contributed by atoms with Crippen molar-refractivity contribution in [2.45, 2.75) is 55.8 Å². The Balaban J connectivity index is 2.01. The van der Waals surface area contributed by atoms with E-state index in [0.29, 0.717) is 11.2 Å². The average Bonchev–Trinajstić information content (AvgIpc) is 2.75. The molecule has 88 valence electrons. The molecule has 6 atom stereocenters. The summed E-state index contributed by atoms with van der Waals surface area (Å²) in [6, 6.07) is 0.247. The number of hydrogen-bond acceptors (Lipinski definition) is 3. The van der Waals surface area contributed by atoms with Crippen molar-refractivity contribution in [1.82, 2.24) is 0 Å². The molecule has 1 saturated heterocycles. The van der Waals surface area contributed by atoms with Crippen LogP contribution in [-0.4, -0.2) is 33.5 Å². The molecule has 6 unspecified atom stereocenters. The smallest absolute Gasteiger partial charge is 0.0691 e. The van der Waals surface area contributed by atoms with E-state index in [-0.39, 0.29) is 17.4 Å². The van der Waals surface area contributed by atoms with E-state index in [1.807, 2.05) is 6.92 Å². The normalized spacial score (nSPS) is 48.3. The largest absolute Gasteiger partial charge is 0.377 e. The Labute approximate surface area is 94.2 Å². The van der Waals surface area contributed by atoms with Gasteiger partial charge < -0.3 is 10.5 Å². The Hall–Kier alpha value is 0.0700. The molecule has 0 spiro atoms. The SMILES string of the molecule is CC1OCCC1S(=O)C1CCC(N)C1C. The molecule has 4 heteroatoms. The summed E-state index contributed by atoms with van der Waals surface area (Å²) in [7, 11) is -0.757. The minimum atomic E-state index is -0.757. The minimum Gasteiger partial charge on any atom is -0.377 e. The third-order valence-electron chi connectivity index (χ3n) is 3.95. The molecule has 0 aromatic carbocycles. The molecule has 1 heterocycles. The lowest BCUT2D eigenvalue weighted by atomic mass is 10.1. The van der Waals surface area contributed by atoms with Gasteiger partial charge >= 0.3 is 0 Å². The van der Waals surface area contributed by atoms with Crippen LogP contribution in [0.1, 0.15) is 33.1 Å². The Bertz CT molecular complexity index is 259. The summed E-state index contributed by atoms with van der Waals surface area (Å²) in [5, 5.41) is 0.539. The van der Waals surface area contributed by atoms with Gasteiger partial charge in [0.2, 0.25) is 0 Å². The van der Waals surface area contributed by atoms with E-state index in [0.717, 1.165) is 25.9 Å². The van der Waals surface area contributed by atoms with Crippen LogP contribution in [0.3, 0.4) is 0 Å². The third kappa shape index (κ3) is 2.12. The van der Waals surface area contributed by atoms with Crippen molar-refractivity contribution in [3.05, 3.63) is 0 Å². The highest BCUT2D eigenvalue weighted by Crippen LogP contribution is 2.33. The van der Waals surface area contributed by atoms with E-state index < -0.39 is 10.8 Å². The molecule has 1 saturated carbocycles. The molecular weight excluding hydrogens is 210 g/mol. The van der Waals surface area contributed by atoms with Gasteiger partial charge in [0.15, 0.2) is 0 Å². The fourth-order valence-electron chi connectivity index (χ4n) is 2.73. The third-order valence-corrected chi connectivity index (χ3v) is 6.43. The summed E-state index contributed by atoms with van der Waals surface area (Å²) < 4.78 is 17.9. The van der Waals surface area contributed by atoms with E-state index in [9.17, 15) is 4.21 Å². The highest BCUT2D eigenvalue weighted by atomic mass is 32.2. The zero-order chi connectivity index (χ0) is 11.0. The van der Waals surface area contributed by atoms with Crippen molar-refractivity contribution in [3.8, 4) is 0 Å². The first-order valence-electron chi connectivity index (χ1n) is 5.88. The zero-order valence-corrected chi connectivity index (χ0v) is 10.3. The lowest BCUT2D eigenvalue weighted by Crippen LogP contribution is -2.35. The Kier molecular flexibility index (Phi) is 3.48. The number of rotatable bonds is 2. The maximum Gasteiger partial charge on any atom is 0.0691 e. The second-order valence-electron chi connectivity index (χ2n) is 4.87. The summed E-state index contributed by atoms with van der Waals surface area (Å²) in [5.41, 5.74) is 5.97. The van der Waals surface area contributed by atoms with E-state index in [2.05, 4.69) is 6.92 Å². The van der Waals surface area contributed by atoms with Crippen LogP contribution < -0.4 is 5.73 Å². The van der Waals surface area contributed by atoms with Gasteiger partial charge in [0.05, 0.1) is 11.4 Å². The molecule has 3 nitrogen and oxygen atoms in total. The summed E-state index contributed by atoms with van der Waals surface area (Å²) in [5.74, 6) is 0.402. The molecule has 2 N–H and O–H groups in total. The van der Waals surface area contributed by atoms with Crippen molar-refractivity contribution in [2.24, 2.45) is 11.7 Å². The fraction of sp³-hybridized carbons (Fsp3) is 1.00. The van der Waals surface area contributed by atoms with Gasteiger partial charge in [0.25, 0.3) is 0 Å². The van der Waals surface area contributed by atoms with E-state index >= 15 is 0 Å². The maximum atomic E-state index is 12.4. The molecule has 1 aliphatic carbocycles. The maximum absolute atomic E-state index is 12.4. The van der Waals surface area contributed by atoms with Crippen LogP contribution in [0.15, 0.2) is 0 Å². The van der Waals surface area contributed by atoms with E-state index in [1.165, 1.54) is 0 Å². The second kappa shape index (κ2) is 4.52. The standard InChI is InChI=1S/C11H21NO2S/c1-7-9(12)3-4-10(7)15(13)11-5-6-14-8(11)2/h7-11H,3-6,12H2,1-2H3. The van der Waals surface area contributed by atoms with Crippen LogP contribution in [0.2, 0.25) is 0 Å². The molecular formula is C11H21NO2S. The number of nitrogens with two attached hydrogens (primary N) is 1. The Morgan fingerprint density at radius 1 is 1.20 bits per heavy atom. The van der Waals surface area contributed by atoms with Crippen molar-refractivity contribution >= 4 is 10.8 Å². The van der Waals surface area contributed by atoms with Crippen molar-refractivity contribution < 1.29 is 8.95 Å². The van der Waals surface area contributed by atoms with Gasteiger partial charge in [0, 0.05) is 28.7 Å². The summed E-state index contributed by atoms with van der Waals surface area (Å²) in [6.07, 6.45) is 3.17. The van der Waals surface area contributed by atoms with Crippen LogP contribution >= 0.6 is 0 Å². The predicted molar refractivity (Wildman–Crippen MR) is 62.1 cm³/mol. The van der Waals surface area contributed by atoms with Crippen LogP contribution in [0, 0.1) is 5.92 Å². The van der Waals surface area contributed by atoms with Gasteiger partial charge in [0.1, 0.15) is 0 Å². The molecule has 0 amide bonds. The van der Waals surface area contributed by atoms with Crippen LogP contribution in [-0.2, 0) is 15.5 Å². The first-order valence-corrected chi connectivity index (χ1v) is 7.15. The van der Waals surface area contributed by atoms with Gasteiger partial charge in [-0.1, -0.05) is 6.92 Å². The lowest BCUT2D eigenvalue weighted by molar-refractivity contribution is 0.126. The molecule has 1 aliphatic heterocycles. The lowest BCUT2D eigenvalue weighted by Gasteiger charge is -2.22. The number of ether oxygens (including phenoxy) is 1. The monoisotopic (exact) mass is 231 g/mol. The van der Waals surface area contributed by atoms with Crippen molar-refractivity contribution in [2.75, 3.05) is 6.61 Å². The van der Waals surface area contributed by atoms with Crippen molar-refractivity contribution in [1.29, 1.82) is 0 Å². The zero-order valence-electron chi connectivity index (χ0n) is 9.52. The molecule has 0 aromatic rings. The van der Waals surface area contributed by atoms with Gasteiger partial charge in [-0.2, -0.15) is 0 Å². The van der Waals surface area contributed by atoms with Crippen molar-refractivity contribution in [3.63, 3.8) is 0 Å². The highest BCUT2D eigenvalue weighted by molar-refractivity contribution is 7.86. The molecule has 0 aromatic heterocycles. The van der Waals surface area contributed by atoms with Crippen LogP contribution in [0.4, 0.5) is 0 Å². The van der Waals surface area contributed by atoms with Gasteiger partial charge in [-0.3, -0.25) is 4.21 Å². The molecule has 0 radical (unpaired) electrons. The van der Waals surface area contributed by atoms with E-state index in [4.69, 9.17) is 10.5 Å². The molecule has 2 aliphatic rings. The Morgan fingerprint density at radius 3 is 2.40 bits per heavy atom. The fourth-order valence-corrected chi connectivity index (χ4v) is 4.95. The molecule has 2 rings (SSSR count). The van der Waals surface area contributed by atoms with E-state index in [1.54, 1.807) is 0 Å². The van der Waals surface area contributed by atoms with Crippen LogP contribution in [0.5, 0.6) is 0 Å². The Morgan fingerprint density at radius 2 is 1.93 bits per heavy atom. The molecule has 0 bridgehead atoms. The summed E-state index contributed by atoms with van der Waals surface area (Å²) in [4.78, 5) is 0.